The maximum atomic E-state index is 13.1. The molecule has 0 saturated heterocycles. The summed E-state index contributed by atoms with van der Waals surface area (Å²) >= 11 is 0. The molecule has 0 unspecified atom stereocenters. The number of nitrogens with two attached hydrogens (primary N) is 2. The van der Waals surface area contributed by atoms with Gasteiger partial charge in [0.2, 0.25) is 5.91 Å². The highest BCUT2D eigenvalue weighted by Gasteiger charge is 2.28. The van der Waals surface area contributed by atoms with Crippen LogP contribution in [-0.2, 0) is 32.1 Å². The fourth-order valence-corrected chi connectivity index (χ4v) is 2.98. The third kappa shape index (κ3) is 9.03. The normalized spacial score (nSPS) is 12.8. The fourth-order valence-electron chi connectivity index (χ4n) is 2.98. The summed E-state index contributed by atoms with van der Waals surface area (Å²) in [6.45, 7) is 5.11. The monoisotopic (exact) mass is 469 g/mol. The van der Waals surface area contributed by atoms with Crippen molar-refractivity contribution in [2.24, 2.45) is 11.5 Å². The molecule has 0 spiro atoms. The molecule has 2 amide bonds. The molecule has 34 heavy (non-hydrogen) atoms. The second-order valence-corrected chi connectivity index (χ2v) is 8.82. The lowest BCUT2D eigenvalue weighted by Gasteiger charge is -2.23. The Kier molecular flexibility index (Phi) is 9.32. The Morgan fingerprint density at radius 3 is 2.12 bits per heavy atom. The zero-order valence-corrected chi connectivity index (χ0v) is 19.6. The zero-order chi connectivity index (χ0) is 25.3. The quantitative estimate of drug-likeness (QED) is 0.357. The van der Waals surface area contributed by atoms with E-state index in [4.69, 9.17) is 20.9 Å². The summed E-state index contributed by atoms with van der Waals surface area (Å²) in [5.74, 6) is -1.77. The van der Waals surface area contributed by atoms with Gasteiger partial charge in [-0.05, 0) is 38.3 Å². The molecule has 0 saturated carbocycles. The van der Waals surface area contributed by atoms with Gasteiger partial charge in [-0.2, -0.15) is 0 Å². The number of carbonyl (C=O) groups excluding carboxylic acids is 4. The topological polar surface area (TPSA) is 151 Å². The van der Waals surface area contributed by atoms with E-state index in [-0.39, 0.29) is 25.0 Å². The van der Waals surface area contributed by atoms with Crippen LogP contribution in [0.25, 0.3) is 0 Å². The van der Waals surface area contributed by atoms with Gasteiger partial charge in [0.25, 0.3) is 0 Å². The third-order valence-electron chi connectivity index (χ3n) is 4.68. The molecule has 0 heterocycles. The van der Waals surface area contributed by atoms with E-state index in [1.807, 2.05) is 18.2 Å². The van der Waals surface area contributed by atoms with Crippen LogP contribution in [0.4, 0.5) is 4.79 Å². The first-order valence-corrected chi connectivity index (χ1v) is 10.8. The SMILES string of the molecule is CC(C)(C)OC(=O)N[C@@H](CC(=O)OCc1ccccc1)C(=O)c1ccc(C[C@H](N)C(N)=O)cc1. The Morgan fingerprint density at radius 2 is 1.56 bits per heavy atom. The highest BCUT2D eigenvalue weighted by molar-refractivity contribution is 6.03. The molecule has 0 aliphatic rings. The molecule has 9 nitrogen and oxygen atoms in total. The third-order valence-corrected chi connectivity index (χ3v) is 4.68. The molecular formula is C25H31N3O6. The lowest BCUT2D eigenvalue weighted by atomic mass is 9.98. The molecule has 0 aromatic heterocycles. The van der Waals surface area contributed by atoms with Crippen molar-refractivity contribution < 1.29 is 28.7 Å². The van der Waals surface area contributed by atoms with E-state index in [2.05, 4.69) is 5.32 Å². The molecule has 2 aromatic rings. The number of ether oxygens (including phenoxy) is 2. The van der Waals surface area contributed by atoms with Crippen LogP contribution in [0.1, 0.15) is 48.7 Å². The lowest BCUT2D eigenvalue weighted by molar-refractivity contribution is -0.145. The van der Waals surface area contributed by atoms with Gasteiger partial charge >= 0.3 is 12.1 Å². The number of hydrogen-bond donors (Lipinski definition) is 3. The van der Waals surface area contributed by atoms with Gasteiger partial charge < -0.3 is 26.3 Å². The number of alkyl carbamates (subject to hydrolysis) is 1. The average molecular weight is 470 g/mol. The molecule has 0 bridgehead atoms. The fraction of sp³-hybridized carbons (Fsp3) is 0.360. The van der Waals surface area contributed by atoms with Crippen molar-refractivity contribution in [3.63, 3.8) is 0 Å². The van der Waals surface area contributed by atoms with Gasteiger partial charge in [0.05, 0.1) is 12.5 Å². The Morgan fingerprint density at radius 1 is 0.941 bits per heavy atom. The summed E-state index contributed by atoms with van der Waals surface area (Å²) in [6, 6.07) is 13.4. The molecule has 2 atom stereocenters. The zero-order valence-electron chi connectivity index (χ0n) is 19.6. The number of Topliss-reactive ketones (excluding diaryl/α,β-unsaturated/α-hetero) is 1. The number of rotatable bonds is 10. The Labute approximate surface area is 198 Å². The molecule has 5 N–H and O–H groups in total. The largest absolute Gasteiger partial charge is 0.461 e. The molecule has 0 fully saturated rings. The van der Waals surface area contributed by atoms with Crippen molar-refractivity contribution in [2.45, 2.75) is 57.9 Å². The first-order valence-electron chi connectivity index (χ1n) is 10.8. The van der Waals surface area contributed by atoms with Crippen molar-refractivity contribution in [3.05, 3.63) is 71.3 Å². The van der Waals surface area contributed by atoms with Crippen LogP contribution in [0.5, 0.6) is 0 Å². The minimum Gasteiger partial charge on any atom is -0.461 e. The van der Waals surface area contributed by atoms with Crippen molar-refractivity contribution in [3.8, 4) is 0 Å². The van der Waals surface area contributed by atoms with Gasteiger partial charge in [0, 0.05) is 5.56 Å². The van der Waals surface area contributed by atoms with Crippen LogP contribution >= 0.6 is 0 Å². The standard InChI is InChI=1S/C25H31N3O6/c1-25(2,3)34-24(32)28-20(14-21(29)33-15-17-7-5-4-6-8-17)22(30)18-11-9-16(10-12-18)13-19(26)23(27)31/h4-12,19-20H,13-15,26H2,1-3H3,(H2,27,31)(H,28,32)/t19-,20-/m0/s1. The predicted octanol–water partition coefficient (Wildman–Crippen LogP) is 2.25. The van der Waals surface area contributed by atoms with Gasteiger partial charge in [-0.3, -0.25) is 14.4 Å². The van der Waals surface area contributed by atoms with Gasteiger partial charge in [0.1, 0.15) is 18.2 Å². The second kappa shape index (κ2) is 11.9. The van der Waals surface area contributed by atoms with E-state index in [0.29, 0.717) is 5.56 Å². The maximum absolute atomic E-state index is 13.1. The number of ketones is 1. The molecule has 9 heteroatoms. The van der Waals surface area contributed by atoms with Crippen molar-refractivity contribution in [1.82, 2.24) is 5.32 Å². The second-order valence-electron chi connectivity index (χ2n) is 8.82. The van der Waals surface area contributed by atoms with Gasteiger partial charge in [-0.25, -0.2) is 4.79 Å². The van der Waals surface area contributed by atoms with Crippen LogP contribution in [0.2, 0.25) is 0 Å². The minimum atomic E-state index is -1.20. The summed E-state index contributed by atoms with van der Waals surface area (Å²) in [7, 11) is 0. The lowest BCUT2D eigenvalue weighted by Crippen LogP contribution is -2.44. The maximum Gasteiger partial charge on any atom is 0.408 e. The van der Waals surface area contributed by atoms with Gasteiger partial charge in [-0.1, -0.05) is 54.6 Å². The van der Waals surface area contributed by atoms with Crippen LogP contribution in [-0.4, -0.2) is 41.4 Å². The van der Waals surface area contributed by atoms with Crippen molar-refractivity contribution >= 4 is 23.8 Å². The summed E-state index contributed by atoms with van der Waals surface area (Å²) in [5.41, 5.74) is 11.8. The van der Waals surface area contributed by atoms with Crippen LogP contribution in [0.3, 0.4) is 0 Å². The Hall–Kier alpha value is -3.72. The molecule has 182 valence electrons. The van der Waals surface area contributed by atoms with Crippen LogP contribution in [0, 0.1) is 0 Å². The predicted molar refractivity (Wildman–Crippen MR) is 126 cm³/mol. The molecule has 2 aromatic carbocycles. The molecule has 0 aliphatic carbocycles. The number of carbonyl (C=O) groups is 4. The number of primary amides is 1. The number of nitrogens with one attached hydrogen (secondary N) is 1. The Bertz CT molecular complexity index is 1000. The first kappa shape index (κ1) is 26.5. The van der Waals surface area contributed by atoms with Crippen molar-refractivity contribution in [2.75, 3.05) is 0 Å². The van der Waals surface area contributed by atoms with Gasteiger partial charge in [-0.15, -0.1) is 0 Å². The number of esters is 1. The van der Waals surface area contributed by atoms with E-state index in [0.717, 1.165) is 5.56 Å². The van der Waals surface area contributed by atoms with Crippen molar-refractivity contribution in [1.29, 1.82) is 0 Å². The van der Waals surface area contributed by atoms with E-state index in [9.17, 15) is 19.2 Å². The summed E-state index contributed by atoms with van der Waals surface area (Å²) in [6.07, 6.45) is -0.986. The van der Waals surface area contributed by atoms with E-state index in [1.54, 1.807) is 45.0 Å². The highest BCUT2D eigenvalue weighted by Crippen LogP contribution is 2.13. The van der Waals surface area contributed by atoms with E-state index >= 15 is 0 Å². The smallest absolute Gasteiger partial charge is 0.408 e. The first-order chi connectivity index (χ1) is 15.9. The number of benzene rings is 2. The number of hydrogen-bond acceptors (Lipinski definition) is 7. The molecule has 2 rings (SSSR count). The molecule has 0 aliphatic heterocycles. The Balaban J connectivity index is 2.12. The van der Waals surface area contributed by atoms with Gasteiger partial charge in [0.15, 0.2) is 5.78 Å². The van der Waals surface area contributed by atoms with Crippen LogP contribution < -0.4 is 16.8 Å². The highest BCUT2D eigenvalue weighted by atomic mass is 16.6. The molecular weight excluding hydrogens is 438 g/mol. The summed E-state index contributed by atoms with van der Waals surface area (Å²) < 4.78 is 10.5. The number of amides is 2. The molecule has 0 radical (unpaired) electrons. The minimum absolute atomic E-state index is 0.0435. The van der Waals surface area contributed by atoms with Crippen LogP contribution in [0.15, 0.2) is 54.6 Å². The summed E-state index contributed by atoms with van der Waals surface area (Å²) in [4.78, 5) is 49.0. The summed E-state index contributed by atoms with van der Waals surface area (Å²) in [5, 5.41) is 2.47. The van der Waals surface area contributed by atoms with E-state index in [1.165, 1.54) is 12.1 Å². The van der Waals surface area contributed by atoms with E-state index < -0.39 is 41.4 Å². The average Bonchev–Trinajstić information content (AvgIpc) is 2.76.